The Balaban J connectivity index is 1.33. The van der Waals surface area contributed by atoms with Gasteiger partial charge in [-0.05, 0) is 31.7 Å². The van der Waals surface area contributed by atoms with E-state index in [4.69, 9.17) is 20.2 Å². The number of aromatic nitrogens is 3. The molecule has 1 saturated heterocycles. The van der Waals surface area contributed by atoms with Crippen LogP contribution in [0.25, 0.3) is 10.9 Å². The number of ether oxygens (including phenoxy) is 2. The van der Waals surface area contributed by atoms with Gasteiger partial charge in [0.2, 0.25) is 5.95 Å². The first-order valence-corrected chi connectivity index (χ1v) is 11.3. The summed E-state index contributed by atoms with van der Waals surface area (Å²) in [5.41, 5.74) is 6.85. The van der Waals surface area contributed by atoms with Crippen molar-refractivity contribution in [3.63, 3.8) is 0 Å². The maximum Gasteiger partial charge on any atom is 0.228 e. The monoisotopic (exact) mass is 426 g/mol. The van der Waals surface area contributed by atoms with Crippen LogP contribution in [0.2, 0.25) is 0 Å². The molecule has 9 heteroatoms. The molecule has 0 radical (unpaired) electrons. The van der Waals surface area contributed by atoms with Crippen LogP contribution in [0.15, 0.2) is 30.6 Å². The van der Waals surface area contributed by atoms with Gasteiger partial charge in [-0.1, -0.05) is 23.5 Å². The van der Waals surface area contributed by atoms with E-state index >= 15 is 0 Å². The molecule has 3 N–H and O–H groups in total. The highest BCUT2D eigenvalue weighted by molar-refractivity contribution is 7.19. The first-order valence-electron chi connectivity index (χ1n) is 10.5. The number of nitrogens with two attached hydrogens (primary N) is 1. The molecule has 0 spiro atoms. The Bertz CT molecular complexity index is 998. The maximum absolute atomic E-state index is 6.30. The summed E-state index contributed by atoms with van der Waals surface area (Å²) in [5.74, 6) is 1.35. The van der Waals surface area contributed by atoms with Crippen molar-refractivity contribution in [2.45, 2.75) is 37.8 Å². The smallest absolute Gasteiger partial charge is 0.228 e. The minimum Gasteiger partial charge on any atom is -0.488 e. The third kappa shape index (κ3) is 4.33. The van der Waals surface area contributed by atoms with Crippen molar-refractivity contribution in [1.29, 1.82) is 0 Å². The van der Waals surface area contributed by atoms with Crippen LogP contribution in [0.5, 0.6) is 5.75 Å². The Morgan fingerprint density at radius 2 is 1.93 bits per heavy atom. The number of nitrogens with zero attached hydrogens (tertiary/aromatic N) is 4. The molecule has 158 valence electrons. The molecule has 30 heavy (non-hydrogen) atoms. The number of nitrogens with one attached hydrogen (secondary N) is 1. The zero-order chi connectivity index (χ0) is 20.3. The summed E-state index contributed by atoms with van der Waals surface area (Å²) < 4.78 is 11.7. The van der Waals surface area contributed by atoms with E-state index in [0.29, 0.717) is 12.0 Å². The highest BCUT2D eigenvalue weighted by Crippen LogP contribution is 2.31. The fourth-order valence-corrected chi connectivity index (χ4v) is 4.77. The van der Waals surface area contributed by atoms with Crippen LogP contribution in [-0.2, 0) is 4.74 Å². The molecule has 1 aromatic carbocycles. The van der Waals surface area contributed by atoms with E-state index in [1.54, 1.807) is 11.3 Å². The standard InChI is InChI=1S/C21H26N6O2S/c22-15-4-6-16(7-5-15)29-17-3-1-2-14-12-23-20(26-19(14)17)25-18-13-24-21(30-18)27-8-10-28-11-9-27/h1-3,12-13,15-16H,4-11,22H2,(H,23,25,26). The third-order valence-corrected chi connectivity index (χ3v) is 6.57. The van der Waals surface area contributed by atoms with Crippen molar-refractivity contribution < 1.29 is 9.47 Å². The second-order valence-corrected chi connectivity index (χ2v) is 8.78. The molecular weight excluding hydrogens is 400 g/mol. The zero-order valence-electron chi connectivity index (χ0n) is 16.8. The molecule has 2 aliphatic rings. The number of para-hydroxylation sites is 1. The Labute approximate surface area is 179 Å². The third-order valence-electron chi connectivity index (χ3n) is 5.60. The molecule has 0 unspecified atom stereocenters. The van der Waals surface area contributed by atoms with Crippen LogP contribution < -0.4 is 20.7 Å². The van der Waals surface area contributed by atoms with Gasteiger partial charge in [0.25, 0.3) is 0 Å². The molecule has 5 rings (SSSR count). The zero-order valence-corrected chi connectivity index (χ0v) is 17.6. The quantitative estimate of drug-likeness (QED) is 0.641. The fraction of sp³-hybridized carbons (Fsp3) is 0.476. The lowest BCUT2D eigenvalue weighted by Gasteiger charge is -2.27. The number of benzene rings is 1. The van der Waals surface area contributed by atoms with Gasteiger partial charge in [-0.3, -0.25) is 0 Å². The summed E-state index contributed by atoms with van der Waals surface area (Å²) in [6.07, 6.45) is 7.84. The van der Waals surface area contributed by atoms with Crippen LogP contribution in [0.4, 0.5) is 16.1 Å². The lowest BCUT2D eigenvalue weighted by atomic mass is 9.94. The molecule has 1 aliphatic heterocycles. The number of morpholine rings is 1. The van der Waals surface area contributed by atoms with Crippen molar-refractivity contribution in [3.05, 3.63) is 30.6 Å². The van der Waals surface area contributed by atoms with Gasteiger partial charge in [-0.15, -0.1) is 0 Å². The Morgan fingerprint density at radius 1 is 1.10 bits per heavy atom. The van der Waals surface area contributed by atoms with Crippen molar-refractivity contribution in [2.24, 2.45) is 5.73 Å². The number of thiazole rings is 1. The van der Waals surface area contributed by atoms with E-state index in [9.17, 15) is 0 Å². The van der Waals surface area contributed by atoms with E-state index in [0.717, 1.165) is 78.8 Å². The lowest BCUT2D eigenvalue weighted by molar-refractivity contribution is 0.122. The van der Waals surface area contributed by atoms with E-state index in [-0.39, 0.29) is 6.10 Å². The summed E-state index contributed by atoms with van der Waals surface area (Å²) in [6, 6.07) is 6.28. The summed E-state index contributed by atoms with van der Waals surface area (Å²) in [4.78, 5) is 16.0. The second-order valence-electron chi connectivity index (χ2n) is 7.77. The van der Waals surface area contributed by atoms with Gasteiger partial charge in [0, 0.05) is 30.7 Å². The van der Waals surface area contributed by atoms with Crippen molar-refractivity contribution in [2.75, 3.05) is 36.5 Å². The largest absolute Gasteiger partial charge is 0.488 e. The van der Waals surface area contributed by atoms with Gasteiger partial charge in [-0.25, -0.2) is 15.0 Å². The second kappa shape index (κ2) is 8.71. The van der Waals surface area contributed by atoms with Crippen molar-refractivity contribution in [3.8, 4) is 5.75 Å². The van der Waals surface area contributed by atoms with Gasteiger partial charge < -0.3 is 25.4 Å². The normalized spacial score (nSPS) is 22.2. The predicted molar refractivity (Wildman–Crippen MR) is 119 cm³/mol. The number of hydrogen-bond donors (Lipinski definition) is 2. The van der Waals surface area contributed by atoms with Gasteiger partial charge >= 0.3 is 0 Å². The molecule has 1 aliphatic carbocycles. The van der Waals surface area contributed by atoms with E-state index < -0.39 is 0 Å². The number of fused-ring (bicyclic) bond motifs is 1. The summed E-state index contributed by atoms with van der Waals surface area (Å²) in [6.45, 7) is 3.22. The molecule has 3 aromatic rings. The Morgan fingerprint density at radius 3 is 2.77 bits per heavy atom. The van der Waals surface area contributed by atoms with Crippen LogP contribution in [0.1, 0.15) is 25.7 Å². The van der Waals surface area contributed by atoms with E-state index in [1.807, 2.05) is 30.6 Å². The molecular formula is C21H26N6O2S. The predicted octanol–water partition coefficient (Wildman–Crippen LogP) is 3.32. The topological polar surface area (TPSA) is 98.4 Å². The molecule has 3 heterocycles. The molecule has 2 fully saturated rings. The highest BCUT2D eigenvalue weighted by atomic mass is 32.1. The van der Waals surface area contributed by atoms with Crippen LogP contribution in [0, 0.1) is 0 Å². The number of anilines is 3. The summed E-state index contributed by atoms with van der Waals surface area (Å²) >= 11 is 1.60. The summed E-state index contributed by atoms with van der Waals surface area (Å²) in [5, 5.41) is 6.16. The summed E-state index contributed by atoms with van der Waals surface area (Å²) in [7, 11) is 0. The minimum absolute atomic E-state index is 0.194. The van der Waals surface area contributed by atoms with Crippen LogP contribution >= 0.6 is 11.3 Å². The van der Waals surface area contributed by atoms with Gasteiger partial charge in [0.05, 0.1) is 25.5 Å². The van der Waals surface area contributed by atoms with Crippen LogP contribution in [0.3, 0.4) is 0 Å². The Hall–Kier alpha value is -2.49. The first-order chi connectivity index (χ1) is 14.7. The van der Waals surface area contributed by atoms with Crippen molar-refractivity contribution in [1.82, 2.24) is 15.0 Å². The van der Waals surface area contributed by atoms with E-state index in [1.165, 1.54) is 0 Å². The Kier molecular flexibility index (Phi) is 5.65. The number of rotatable bonds is 5. The van der Waals surface area contributed by atoms with Gasteiger partial charge in [-0.2, -0.15) is 0 Å². The minimum atomic E-state index is 0.194. The maximum atomic E-state index is 6.30. The highest BCUT2D eigenvalue weighted by Gasteiger charge is 2.21. The molecule has 0 amide bonds. The van der Waals surface area contributed by atoms with Crippen LogP contribution in [-0.4, -0.2) is 53.4 Å². The lowest BCUT2D eigenvalue weighted by Crippen LogP contribution is -2.36. The number of hydrogen-bond acceptors (Lipinski definition) is 9. The average molecular weight is 427 g/mol. The molecule has 8 nitrogen and oxygen atoms in total. The SMILES string of the molecule is NC1CCC(Oc2cccc3cnc(Nc4cnc(N5CCOCC5)s4)nc23)CC1. The molecule has 0 bridgehead atoms. The molecule has 2 aromatic heterocycles. The molecule has 1 saturated carbocycles. The van der Waals surface area contributed by atoms with Gasteiger partial charge in [0.1, 0.15) is 16.3 Å². The molecule has 0 atom stereocenters. The van der Waals surface area contributed by atoms with Crippen molar-refractivity contribution >= 4 is 38.3 Å². The first kappa shape index (κ1) is 19.5. The van der Waals surface area contributed by atoms with E-state index in [2.05, 4.69) is 20.2 Å². The van der Waals surface area contributed by atoms with Gasteiger partial charge in [0.15, 0.2) is 5.13 Å². The fourth-order valence-electron chi connectivity index (χ4n) is 3.90. The average Bonchev–Trinajstić information content (AvgIpc) is 3.25.